The second-order valence-corrected chi connectivity index (χ2v) is 14.6. The third-order valence-electron chi connectivity index (χ3n) is 10.4. The first kappa shape index (κ1) is 33.0. The molecule has 3 atom stereocenters. The number of likely N-dealkylation sites (tertiary alicyclic amines) is 1. The van der Waals surface area contributed by atoms with Crippen molar-refractivity contribution in [3.8, 4) is 11.1 Å². The fourth-order valence-corrected chi connectivity index (χ4v) is 8.98. The van der Waals surface area contributed by atoms with Crippen LogP contribution in [0.1, 0.15) is 38.3 Å². The van der Waals surface area contributed by atoms with E-state index in [2.05, 4.69) is 16.5 Å². The number of hydrogen-bond donors (Lipinski definition) is 0. The maximum absolute atomic E-state index is 15.3. The average molecular weight is 690 g/mol. The van der Waals surface area contributed by atoms with E-state index in [1.54, 1.807) is 9.80 Å². The lowest BCUT2D eigenvalue weighted by molar-refractivity contribution is -0.140. The van der Waals surface area contributed by atoms with Crippen LogP contribution in [0, 0.1) is 17.0 Å². The van der Waals surface area contributed by atoms with Gasteiger partial charge < -0.3 is 19.4 Å². The highest BCUT2D eigenvalue weighted by Crippen LogP contribution is 2.51. The first-order chi connectivity index (χ1) is 22.8. The van der Waals surface area contributed by atoms with Crippen molar-refractivity contribution in [3.63, 3.8) is 0 Å². The Morgan fingerprint density at radius 3 is 2.48 bits per heavy atom. The molecule has 3 aromatic rings. The Balaban J connectivity index is 1.41. The number of anilines is 1. The molecule has 7 rings (SSSR count). The smallest absolute Gasteiger partial charge is 0.380 e. The largest absolute Gasteiger partial charge is 0.417 e. The Bertz CT molecular complexity index is 1850. The summed E-state index contributed by atoms with van der Waals surface area (Å²) in [5.74, 6) is -1.96. The van der Waals surface area contributed by atoms with Crippen molar-refractivity contribution < 1.29 is 31.5 Å². The number of hydrogen-bond acceptors (Lipinski definition) is 7. The fourth-order valence-electron chi connectivity index (χ4n) is 7.66. The second kappa shape index (κ2) is 12.1. The molecular weight excluding hydrogens is 653 g/mol. The van der Waals surface area contributed by atoms with Crippen LogP contribution in [0.15, 0.2) is 46.6 Å². The number of ether oxygens (including phenoxy) is 1. The van der Waals surface area contributed by atoms with Crippen LogP contribution in [-0.4, -0.2) is 89.0 Å². The first-order valence-electron chi connectivity index (χ1n) is 16.1. The van der Waals surface area contributed by atoms with Gasteiger partial charge >= 0.3 is 11.9 Å². The summed E-state index contributed by atoms with van der Waals surface area (Å²) in [6.45, 7) is 11.3. The zero-order valence-corrected chi connectivity index (χ0v) is 27.5. The minimum absolute atomic E-state index is 0.0836. The normalized spacial score (nSPS) is 24.2. The molecule has 1 aromatic heterocycles. The predicted molar refractivity (Wildman–Crippen MR) is 173 cm³/mol. The summed E-state index contributed by atoms with van der Waals surface area (Å²) < 4.78 is 81.2. The molecule has 0 bridgehead atoms. The van der Waals surface area contributed by atoms with Gasteiger partial charge in [-0.2, -0.15) is 18.2 Å². The van der Waals surface area contributed by atoms with E-state index in [0.29, 0.717) is 12.6 Å². The molecular formula is C34H36F5N5O3S. The van der Waals surface area contributed by atoms with E-state index < -0.39 is 52.3 Å². The molecule has 4 aliphatic rings. The summed E-state index contributed by atoms with van der Waals surface area (Å²) in [4.78, 5) is 36.9. The van der Waals surface area contributed by atoms with Gasteiger partial charge in [0.1, 0.15) is 17.5 Å². The van der Waals surface area contributed by atoms with E-state index in [-0.39, 0.29) is 57.8 Å². The summed E-state index contributed by atoms with van der Waals surface area (Å²) in [7, 11) is 0. The quantitative estimate of drug-likeness (QED) is 0.251. The van der Waals surface area contributed by atoms with Crippen LogP contribution in [0.4, 0.5) is 27.8 Å². The lowest BCUT2D eigenvalue weighted by Crippen LogP contribution is -2.58. The Labute approximate surface area is 278 Å². The zero-order valence-electron chi connectivity index (χ0n) is 26.7. The topological polar surface area (TPSA) is 70.9 Å². The van der Waals surface area contributed by atoms with Crippen molar-refractivity contribution in [2.75, 3.05) is 56.6 Å². The van der Waals surface area contributed by atoms with Crippen molar-refractivity contribution in [3.05, 3.63) is 64.6 Å². The lowest BCUT2D eigenvalue weighted by atomic mass is 9.77. The monoisotopic (exact) mass is 689 g/mol. The molecule has 14 heteroatoms. The SMILES string of the molecule is C=CC(=O)N1C[C@H](C)N(c2nc(=O)n3c4c(c(-c5ccc(F)cc5F)c(C(F)(F)F)cc24)SC[C@@H]3CN2CCC3(CC2)COC3)C[C@H]1C. The Morgan fingerprint density at radius 1 is 1.12 bits per heavy atom. The summed E-state index contributed by atoms with van der Waals surface area (Å²) >= 11 is 1.15. The molecule has 0 radical (unpaired) electrons. The molecule has 0 saturated carbocycles. The Morgan fingerprint density at radius 2 is 1.85 bits per heavy atom. The van der Waals surface area contributed by atoms with Crippen LogP contribution < -0.4 is 10.6 Å². The molecule has 48 heavy (non-hydrogen) atoms. The van der Waals surface area contributed by atoms with Crippen LogP contribution in [0.5, 0.6) is 0 Å². The average Bonchev–Trinajstić information content (AvgIpc) is 3.02. The molecule has 5 heterocycles. The third-order valence-corrected chi connectivity index (χ3v) is 11.6. The zero-order chi connectivity index (χ0) is 34.1. The lowest BCUT2D eigenvalue weighted by Gasteiger charge is -2.48. The molecule has 8 nitrogen and oxygen atoms in total. The van der Waals surface area contributed by atoms with Crippen LogP contribution in [0.3, 0.4) is 0 Å². The van der Waals surface area contributed by atoms with Crippen molar-refractivity contribution >= 4 is 34.4 Å². The van der Waals surface area contributed by atoms with Gasteiger partial charge in [-0.3, -0.25) is 9.36 Å². The van der Waals surface area contributed by atoms with Crippen molar-refractivity contribution in [1.82, 2.24) is 19.4 Å². The number of carbonyl (C=O) groups excluding carboxylic acids is 1. The minimum atomic E-state index is -4.92. The molecule has 3 saturated heterocycles. The summed E-state index contributed by atoms with van der Waals surface area (Å²) in [6, 6.07) is 2.31. The van der Waals surface area contributed by atoms with Crippen LogP contribution in [-0.2, 0) is 15.7 Å². The van der Waals surface area contributed by atoms with Gasteiger partial charge in [0.25, 0.3) is 0 Å². The molecule has 256 valence electrons. The van der Waals surface area contributed by atoms with E-state index in [1.165, 1.54) is 10.6 Å². The number of piperidine rings is 1. The second-order valence-electron chi connectivity index (χ2n) is 13.5. The summed E-state index contributed by atoms with van der Waals surface area (Å²) in [5, 5.41) is 0.118. The molecule has 4 aliphatic heterocycles. The number of carbonyl (C=O) groups is 1. The van der Waals surface area contributed by atoms with Crippen molar-refractivity contribution in [2.45, 2.75) is 55.9 Å². The van der Waals surface area contributed by atoms with Gasteiger partial charge in [0.2, 0.25) is 5.91 Å². The van der Waals surface area contributed by atoms with Crippen molar-refractivity contribution in [1.29, 1.82) is 0 Å². The van der Waals surface area contributed by atoms with Gasteiger partial charge in [-0.25, -0.2) is 13.6 Å². The number of halogens is 5. The first-order valence-corrected chi connectivity index (χ1v) is 17.1. The highest BCUT2D eigenvalue weighted by atomic mass is 32.2. The van der Waals surface area contributed by atoms with E-state index in [1.807, 2.05) is 13.8 Å². The number of amides is 1. The molecule has 1 spiro atoms. The molecule has 1 amide bonds. The molecule has 0 N–H and O–H groups in total. The van der Waals surface area contributed by atoms with E-state index in [4.69, 9.17) is 4.74 Å². The fraction of sp³-hybridized carbons (Fsp3) is 0.500. The third kappa shape index (κ3) is 5.59. The number of aromatic nitrogens is 2. The maximum Gasteiger partial charge on any atom is 0.417 e. The van der Waals surface area contributed by atoms with E-state index in [9.17, 15) is 27.2 Å². The summed E-state index contributed by atoms with van der Waals surface area (Å²) in [5.41, 5.74) is -2.07. The van der Waals surface area contributed by atoms with Gasteiger partial charge in [0.05, 0.1) is 30.3 Å². The number of rotatable bonds is 5. The number of benzene rings is 2. The van der Waals surface area contributed by atoms with Crippen LogP contribution in [0.2, 0.25) is 0 Å². The maximum atomic E-state index is 15.3. The number of alkyl halides is 3. The van der Waals surface area contributed by atoms with Gasteiger partial charge in [-0.1, -0.05) is 6.58 Å². The van der Waals surface area contributed by atoms with Crippen LogP contribution in [0.25, 0.3) is 22.0 Å². The molecule has 0 aliphatic carbocycles. The standard InChI is InChI=1S/C34H36F5N5O3S/c1-4-27(45)42-13-20(3)43(14-19(42)2)31-24-12-25(34(37,38)39)28(23-6-5-21(35)11-26(23)36)30-29(24)44(32(46)40-31)22(16-48-30)15-41-9-7-33(8-10-41)17-47-18-33/h4-6,11-12,19-20,22H,1,7-10,13-18H2,2-3H3/t19-,20+,22+/m1/s1. The molecule has 0 unspecified atom stereocenters. The van der Waals surface area contributed by atoms with E-state index >= 15 is 4.39 Å². The van der Waals surface area contributed by atoms with Gasteiger partial charge in [-0.15, -0.1) is 11.8 Å². The van der Waals surface area contributed by atoms with Crippen molar-refractivity contribution in [2.24, 2.45) is 5.41 Å². The minimum Gasteiger partial charge on any atom is -0.380 e. The van der Waals surface area contributed by atoms with Crippen LogP contribution >= 0.6 is 11.8 Å². The van der Waals surface area contributed by atoms with Gasteiger partial charge in [0.15, 0.2) is 0 Å². The predicted octanol–water partition coefficient (Wildman–Crippen LogP) is 5.73. The summed E-state index contributed by atoms with van der Waals surface area (Å²) in [6.07, 6.45) is -1.77. The Kier molecular flexibility index (Phi) is 8.35. The number of nitrogens with zero attached hydrogens (tertiary/aromatic N) is 5. The highest BCUT2D eigenvalue weighted by molar-refractivity contribution is 7.99. The Hall–Kier alpha value is -3.49. The highest BCUT2D eigenvalue weighted by Gasteiger charge is 2.43. The van der Waals surface area contributed by atoms with E-state index in [0.717, 1.165) is 69.1 Å². The van der Waals surface area contributed by atoms with Gasteiger partial charge in [-0.05, 0) is 64.1 Å². The molecule has 2 aromatic carbocycles. The molecule has 3 fully saturated rings. The number of thioether (sulfide) groups is 1. The van der Waals surface area contributed by atoms with Gasteiger partial charge in [0, 0.05) is 70.4 Å². The number of piperazine rings is 1.